The number of hydrogen-bond acceptors (Lipinski definition) is 2. The molecule has 0 radical (unpaired) electrons. The van der Waals surface area contributed by atoms with E-state index in [0.717, 1.165) is 4.60 Å². The minimum atomic E-state index is 0.884. The first kappa shape index (κ1) is 8.12. The van der Waals surface area contributed by atoms with Crippen LogP contribution in [0, 0.1) is 11.8 Å². The van der Waals surface area contributed by atoms with E-state index in [0.29, 0.717) is 0 Å². The lowest BCUT2D eigenvalue weighted by molar-refractivity contribution is 1.28. The fourth-order valence-corrected chi connectivity index (χ4v) is 0.613. The topological polar surface area (TPSA) is 36.7 Å². The van der Waals surface area contributed by atoms with Gasteiger partial charge in [-0.05, 0) is 28.1 Å². The first-order valence-electron chi connectivity index (χ1n) is 2.22. The first-order chi connectivity index (χ1) is 4.39. The van der Waals surface area contributed by atoms with Crippen LogP contribution < -0.4 is 0 Å². The van der Waals surface area contributed by atoms with Crippen molar-refractivity contribution in [1.29, 1.82) is 5.26 Å². The van der Waals surface area contributed by atoms with Crippen molar-refractivity contribution >= 4 is 15.9 Å². The van der Waals surface area contributed by atoms with E-state index in [2.05, 4.69) is 27.5 Å². The molecule has 9 heavy (non-hydrogen) atoms. The van der Waals surface area contributed by atoms with Crippen molar-refractivity contribution in [3.63, 3.8) is 0 Å². The number of nitrogens with zero attached hydrogens (tertiary/aromatic N) is 2. The molecule has 46 valence electrons. The normalized spacial score (nSPS) is 7.00. The lowest BCUT2D eigenvalue weighted by Gasteiger charge is -1.80. The number of pyridine rings is 1. The predicted octanol–water partition coefficient (Wildman–Crippen LogP) is 1.98. The highest BCUT2D eigenvalue weighted by Gasteiger charge is 1.75. The maximum absolute atomic E-state index is 6.50. The van der Waals surface area contributed by atoms with Gasteiger partial charge in [0.1, 0.15) is 4.60 Å². The maximum atomic E-state index is 6.50. The van der Waals surface area contributed by atoms with Gasteiger partial charge in [-0.3, -0.25) is 0 Å². The third-order valence-corrected chi connectivity index (χ3v) is 1.10. The first-order valence-corrected chi connectivity index (χ1v) is 3.01. The van der Waals surface area contributed by atoms with Crippen LogP contribution in [0.5, 0.6) is 0 Å². The summed E-state index contributed by atoms with van der Waals surface area (Å²) in [5, 5.41) is 6.50. The van der Waals surface area contributed by atoms with Crippen molar-refractivity contribution < 1.29 is 0 Å². The van der Waals surface area contributed by atoms with E-state index in [4.69, 9.17) is 5.26 Å². The molecule has 1 aromatic rings. The van der Waals surface area contributed by atoms with Gasteiger partial charge in [-0.1, -0.05) is 6.07 Å². The molecule has 0 saturated carbocycles. The fraction of sp³-hybridized carbons (Fsp3) is 0. The summed E-state index contributed by atoms with van der Waals surface area (Å²) in [5.74, 6) is 0. The zero-order valence-corrected chi connectivity index (χ0v) is 6.25. The summed E-state index contributed by atoms with van der Waals surface area (Å²) in [4.78, 5) is 3.90. The molecule has 0 N–H and O–H groups in total. The molecule has 0 bridgehead atoms. The zero-order valence-electron chi connectivity index (χ0n) is 4.66. The Balaban J connectivity index is 0.000000291. The second kappa shape index (κ2) is 5.26. The minimum absolute atomic E-state index is 0.884. The molecule has 0 fully saturated rings. The summed E-state index contributed by atoms with van der Waals surface area (Å²) < 4.78 is 0.884. The Morgan fingerprint density at radius 2 is 2.11 bits per heavy atom. The quantitative estimate of drug-likeness (QED) is 0.579. The standard InChI is InChI=1S/C5H4BrN.CHN/c6-5-3-1-2-4-7-5;1-2/h1-4H;1H. The van der Waals surface area contributed by atoms with Gasteiger partial charge in [0.2, 0.25) is 0 Å². The highest BCUT2D eigenvalue weighted by atomic mass is 79.9. The summed E-state index contributed by atoms with van der Waals surface area (Å²) in [6.45, 7) is 3.50. The summed E-state index contributed by atoms with van der Waals surface area (Å²) >= 11 is 3.20. The molecule has 0 aliphatic carbocycles. The second-order valence-corrected chi connectivity index (χ2v) is 1.96. The molecule has 3 heteroatoms. The van der Waals surface area contributed by atoms with Gasteiger partial charge in [0.25, 0.3) is 0 Å². The number of aromatic nitrogens is 1. The smallest absolute Gasteiger partial charge is 0.106 e. The average Bonchev–Trinajstić information content (AvgIpc) is 1.94. The van der Waals surface area contributed by atoms with Gasteiger partial charge in [-0.2, -0.15) is 0 Å². The molecule has 0 aliphatic heterocycles. The Kier molecular flexibility index (Phi) is 4.75. The molecule has 0 saturated heterocycles. The largest absolute Gasteiger partial charge is 0.249 e. The van der Waals surface area contributed by atoms with Crippen LogP contribution in [0.3, 0.4) is 0 Å². The summed E-state index contributed by atoms with van der Waals surface area (Å²) in [6.07, 6.45) is 1.74. The number of hydrogen-bond donors (Lipinski definition) is 0. The predicted molar refractivity (Wildman–Crippen MR) is 38.6 cm³/mol. The molecule has 0 aliphatic rings. The molecule has 1 heterocycles. The summed E-state index contributed by atoms with van der Waals surface area (Å²) in [6, 6.07) is 5.70. The van der Waals surface area contributed by atoms with E-state index in [1.165, 1.54) is 0 Å². The van der Waals surface area contributed by atoms with Crippen LogP contribution in [0.1, 0.15) is 0 Å². The molecule has 0 aromatic carbocycles. The van der Waals surface area contributed by atoms with Gasteiger partial charge in [0.15, 0.2) is 0 Å². The highest BCUT2D eigenvalue weighted by Crippen LogP contribution is 2.00. The molecule has 1 aromatic heterocycles. The Hall–Kier alpha value is -0.880. The third kappa shape index (κ3) is 3.68. The minimum Gasteiger partial charge on any atom is -0.249 e. The highest BCUT2D eigenvalue weighted by molar-refractivity contribution is 9.10. The fourth-order valence-electron chi connectivity index (χ4n) is 0.342. The van der Waals surface area contributed by atoms with E-state index < -0.39 is 0 Å². The molecular formula is C6H5BrN2. The van der Waals surface area contributed by atoms with Crippen molar-refractivity contribution in [2.24, 2.45) is 0 Å². The van der Waals surface area contributed by atoms with Gasteiger partial charge in [-0.15, -0.1) is 0 Å². The van der Waals surface area contributed by atoms with Gasteiger partial charge in [-0.25, -0.2) is 10.2 Å². The molecule has 1 rings (SSSR count). The van der Waals surface area contributed by atoms with Gasteiger partial charge < -0.3 is 0 Å². The zero-order chi connectivity index (χ0) is 7.11. The Labute approximate surface area is 62.3 Å². The van der Waals surface area contributed by atoms with Crippen molar-refractivity contribution in [1.82, 2.24) is 4.98 Å². The van der Waals surface area contributed by atoms with E-state index in [1.807, 2.05) is 18.2 Å². The molecule has 0 spiro atoms. The molecule has 0 unspecified atom stereocenters. The van der Waals surface area contributed by atoms with E-state index in [1.54, 1.807) is 6.20 Å². The monoisotopic (exact) mass is 184 g/mol. The maximum Gasteiger partial charge on any atom is 0.106 e. The van der Waals surface area contributed by atoms with Crippen molar-refractivity contribution in [3.05, 3.63) is 29.0 Å². The summed E-state index contributed by atoms with van der Waals surface area (Å²) in [7, 11) is 0. The van der Waals surface area contributed by atoms with Gasteiger partial charge >= 0.3 is 0 Å². The van der Waals surface area contributed by atoms with E-state index in [-0.39, 0.29) is 0 Å². The van der Waals surface area contributed by atoms with Crippen LogP contribution in [0.15, 0.2) is 29.0 Å². The SMILES string of the molecule is Brc1ccccn1.C#N. The lowest BCUT2D eigenvalue weighted by Crippen LogP contribution is -1.66. The van der Waals surface area contributed by atoms with Crippen LogP contribution in [-0.4, -0.2) is 4.98 Å². The number of halogens is 1. The molecular weight excluding hydrogens is 180 g/mol. The van der Waals surface area contributed by atoms with Crippen molar-refractivity contribution in [2.75, 3.05) is 0 Å². The van der Waals surface area contributed by atoms with Crippen LogP contribution in [0.25, 0.3) is 0 Å². The average molecular weight is 185 g/mol. The Bertz CT molecular complexity index is 171. The van der Waals surface area contributed by atoms with Crippen LogP contribution in [-0.2, 0) is 0 Å². The lowest BCUT2D eigenvalue weighted by atomic mass is 10.5. The summed E-state index contributed by atoms with van der Waals surface area (Å²) in [5.41, 5.74) is 0. The van der Waals surface area contributed by atoms with E-state index in [9.17, 15) is 0 Å². The van der Waals surface area contributed by atoms with Crippen LogP contribution >= 0.6 is 15.9 Å². The third-order valence-electron chi connectivity index (χ3n) is 0.629. The Morgan fingerprint density at radius 1 is 1.44 bits per heavy atom. The van der Waals surface area contributed by atoms with Crippen molar-refractivity contribution in [2.45, 2.75) is 0 Å². The van der Waals surface area contributed by atoms with Crippen molar-refractivity contribution in [3.8, 4) is 6.57 Å². The molecule has 0 amide bonds. The number of nitriles is 1. The van der Waals surface area contributed by atoms with Gasteiger partial charge in [0.05, 0.1) is 0 Å². The van der Waals surface area contributed by atoms with Crippen LogP contribution in [0.2, 0.25) is 0 Å². The molecule has 0 atom stereocenters. The second-order valence-electron chi connectivity index (χ2n) is 1.15. The van der Waals surface area contributed by atoms with Crippen LogP contribution in [0.4, 0.5) is 0 Å². The Morgan fingerprint density at radius 3 is 2.33 bits per heavy atom. The number of rotatable bonds is 0. The van der Waals surface area contributed by atoms with E-state index >= 15 is 0 Å². The van der Waals surface area contributed by atoms with Gasteiger partial charge in [0, 0.05) is 12.8 Å². The molecule has 2 nitrogen and oxygen atoms in total.